The Morgan fingerprint density at radius 1 is 0.667 bits per heavy atom. The number of nitrogens with zero attached hydrogens (tertiary/aromatic N) is 10. The molecule has 0 unspecified atom stereocenters. The van der Waals surface area contributed by atoms with Crippen molar-refractivity contribution in [3.63, 3.8) is 0 Å². The number of aromatic nitrogens is 8. The molecule has 78 heavy (non-hydrogen) atoms. The fourth-order valence-corrected chi connectivity index (χ4v) is 9.93. The average molecular weight is 1320 g/mol. The molecule has 0 radical (unpaired) electrons. The van der Waals surface area contributed by atoms with Crippen molar-refractivity contribution in [2.45, 2.75) is 66.4 Å². The van der Waals surface area contributed by atoms with Crippen LogP contribution in [0.4, 0.5) is 48.9 Å². The maximum Gasteiger partial charge on any atom is 0.412 e. The van der Waals surface area contributed by atoms with E-state index >= 15 is 0 Å². The Bertz CT molecular complexity index is 3920. The molecule has 8 heterocycles. The molecular weight excluding hydrogens is 1270 g/mol. The van der Waals surface area contributed by atoms with Gasteiger partial charge in [0, 0.05) is 11.1 Å². The number of benzene rings is 2. The SMILES string of the molecule is CCc1nn2cc(F)c(Br)cc2c1N.CCc1nn2cc(F)c(Br)cc2c1NC(=O)OC(C)(C)C.CCc1nn2cc(F)c(Br)cc2c1Nc1nc(-c2ccc(F)cc2)c(C#N)s1.N#Cc1sc(Cl)nc1-c1ccc(F)cc1. The Morgan fingerprint density at radius 2 is 1.08 bits per heavy atom. The topological polar surface area (TPSA) is 202 Å². The Hall–Kier alpha value is -7.00. The van der Waals surface area contributed by atoms with Gasteiger partial charge in [0.1, 0.15) is 50.5 Å². The zero-order chi connectivity index (χ0) is 56.7. The van der Waals surface area contributed by atoms with Gasteiger partial charge in [-0.2, -0.15) is 25.8 Å². The van der Waals surface area contributed by atoms with E-state index in [1.165, 1.54) is 67.7 Å². The lowest BCUT2D eigenvalue weighted by atomic mass is 10.1. The summed E-state index contributed by atoms with van der Waals surface area (Å²) < 4.78 is 77.4. The average Bonchev–Trinajstić information content (AvgIpc) is 4.33. The van der Waals surface area contributed by atoms with Gasteiger partial charge >= 0.3 is 6.09 Å². The summed E-state index contributed by atoms with van der Waals surface area (Å²) in [5.41, 5.74) is 13.7. The molecule has 0 fully saturated rings. The molecule has 1 amide bonds. The maximum absolute atomic E-state index is 13.8. The quantitative estimate of drug-likeness (QED) is 0.122. The number of halogens is 9. The number of ether oxygens (including phenoxy) is 1. The smallest absolute Gasteiger partial charge is 0.412 e. The molecule has 15 nitrogen and oxygen atoms in total. The summed E-state index contributed by atoms with van der Waals surface area (Å²) in [5, 5.41) is 37.6. The standard InChI is InChI=1S/C19H12BrF2N5S.C14H17BrFN3O2.C10H4ClFN2S.C9H9BrFN3/c1-2-14-18(15-7-12(20)13(22)9-27(15)26-14)25-19-24-17(16(8-23)28-19)10-3-5-11(21)6-4-10;1-5-10-12(17-13(20)21-14(2,3)4)11-6-8(15)9(16)7-19(11)18-10;11-10-14-9(8(5-13)15-10)6-1-3-7(12)4-2-6;1-2-7-9(12)8-3-5(10)6(11)4-14(8)13-7/h3-7,9H,2H2,1H3,(H,24,25);6-7H,5H2,1-4H3,(H,17,20);1-4H;3-4H,2,12H2,1H3. The van der Waals surface area contributed by atoms with Crippen LogP contribution in [0, 0.1) is 51.7 Å². The molecule has 2 aromatic carbocycles. The van der Waals surface area contributed by atoms with Crippen LogP contribution in [0.5, 0.6) is 0 Å². The molecule has 0 bridgehead atoms. The number of pyridine rings is 3. The molecule has 0 aliphatic heterocycles. The molecule has 0 saturated carbocycles. The lowest BCUT2D eigenvalue weighted by molar-refractivity contribution is 0.0636. The third kappa shape index (κ3) is 13.8. The van der Waals surface area contributed by atoms with Gasteiger partial charge in [0.2, 0.25) is 0 Å². The number of nitriles is 2. The minimum Gasteiger partial charge on any atom is -0.444 e. The third-order valence-corrected chi connectivity index (χ3v) is 14.6. The van der Waals surface area contributed by atoms with Gasteiger partial charge in [-0.15, -0.1) is 0 Å². The maximum atomic E-state index is 13.8. The number of nitrogens with one attached hydrogen (secondary N) is 2. The fraction of sp³-hybridized carbons (Fsp3) is 0.192. The van der Waals surface area contributed by atoms with Crippen LogP contribution in [0.15, 0.2) is 98.7 Å². The molecule has 0 spiro atoms. The van der Waals surface area contributed by atoms with Gasteiger partial charge in [0.15, 0.2) is 27.1 Å². The van der Waals surface area contributed by atoms with Gasteiger partial charge in [0.05, 0.1) is 82.7 Å². The van der Waals surface area contributed by atoms with Crippen LogP contribution in [0.25, 0.3) is 39.1 Å². The minimum absolute atomic E-state index is 0.310. The number of hydrogen-bond donors (Lipinski definition) is 3. The Labute approximate surface area is 480 Å². The highest BCUT2D eigenvalue weighted by atomic mass is 79.9. The van der Waals surface area contributed by atoms with Gasteiger partial charge in [-0.25, -0.2) is 50.3 Å². The van der Waals surface area contributed by atoms with E-state index in [4.69, 9.17) is 27.3 Å². The number of nitrogens with two attached hydrogens (primary N) is 1. The summed E-state index contributed by atoms with van der Waals surface area (Å²) in [7, 11) is 0. The molecule has 402 valence electrons. The first-order valence-corrected chi connectivity index (χ1v) is 27.5. The van der Waals surface area contributed by atoms with Gasteiger partial charge in [0.25, 0.3) is 0 Å². The lowest BCUT2D eigenvalue weighted by Gasteiger charge is -2.19. The predicted octanol–water partition coefficient (Wildman–Crippen LogP) is 15.7. The largest absolute Gasteiger partial charge is 0.444 e. The summed E-state index contributed by atoms with van der Waals surface area (Å²) in [5.74, 6) is -1.85. The lowest BCUT2D eigenvalue weighted by Crippen LogP contribution is -2.27. The number of hydrogen-bond acceptors (Lipinski definition) is 13. The third-order valence-electron chi connectivity index (χ3n) is 10.8. The number of fused-ring (bicyclic) bond motifs is 3. The van der Waals surface area contributed by atoms with Gasteiger partial charge < -0.3 is 15.8 Å². The van der Waals surface area contributed by atoms with Crippen LogP contribution >= 0.6 is 82.1 Å². The zero-order valence-electron chi connectivity index (χ0n) is 41.8. The van der Waals surface area contributed by atoms with Crippen LogP contribution in [0.1, 0.15) is 68.4 Å². The van der Waals surface area contributed by atoms with E-state index in [-0.39, 0.29) is 17.5 Å². The Balaban J connectivity index is 0.000000157. The van der Waals surface area contributed by atoms with Gasteiger partial charge in [-0.3, -0.25) is 5.32 Å². The zero-order valence-corrected chi connectivity index (χ0v) is 48.9. The van der Waals surface area contributed by atoms with E-state index in [1.807, 2.05) is 26.8 Å². The second kappa shape index (κ2) is 25.2. The molecule has 0 saturated heterocycles. The van der Waals surface area contributed by atoms with Gasteiger partial charge in [-0.1, -0.05) is 55.0 Å². The highest BCUT2D eigenvalue weighted by molar-refractivity contribution is 9.11. The van der Waals surface area contributed by atoms with Crippen LogP contribution in [0.3, 0.4) is 0 Å². The number of anilines is 4. The predicted molar refractivity (Wildman–Crippen MR) is 304 cm³/mol. The van der Waals surface area contributed by atoms with E-state index < -0.39 is 23.3 Å². The van der Waals surface area contributed by atoms with Crippen molar-refractivity contribution in [2.24, 2.45) is 0 Å². The first-order chi connectivity index (χ1) is 37.0. The summed E-state index contributed by atoms with van der Waals surface area (Å²) >= 11 is 17.5. The van der Waals surface area contributed by atoms with E-state index in [2.05, 4.69) is 89.8 Å². The number of carbonyl (C=O) groups is 1. The Morgan fingerprint density at radius 3 is 1.54 bits per heavy atom. The van der Waals surface area contributed by atoms with Crippen molar-refractivity contribution < 1.29 is 31.5 Å². The van der Waals surface area contributed by atoms with Crippen LogP contribution in [0.2, 0.25) is 4.47 Å². The van der Waals surface area contributed by atoms with E-state index in [1.54, 1.807) is 63.2 Å². The van der Waals surface area contributed by atoms with Gasteiger partial charge in [-0.05, 0) is 155 Å². The second-order valence-corrected chi connectivity index (χ2v) is 22.4. The monoisotopic (exact) mass is 1310 g/mol. The van der Waals surface area contributed by atoms with Crippen molar-refractivity contribution in [3.8, 4) is 34.7 Å². The van der Waals surface area contributed by atoms with Crippen LogP contribution in [-0.2, 0) is 24.0 Å². The van der Waals surface area contributed by atoms with E-state index in [9.17, 15) is 32.0 Å². The number of rotatable bonds is 8. The van der Waals surface area contributed by atoms with Crippen molar-refractivity contribution in [3.05, 3.63) is 159 Å². The summed E-state index contributed by atoms with van der Waals surface area (Å²) in [6.45, 7) is 11.2. The van der Waals surface area contributed by atoms with Crippen molar-refractivity contribution >= 4 is 127 Å². The summed E-state index contributed by atoms with van der Waals surface area (Å²) in [6.07, 6.45) is 5.29. The van der Waals surface area contributed by atoms with Crippen molar-refractivity contribution in [2.75, 3.05) is 16.4 Å². The highest BCUT2D eigenvalue weighted by Gasteiger charge is 2.22. The van der Waals surface area contributed by atoms with Crippen LogP contribution in [-0.4, -0.2) is 50.5 Å². The van der Waals surface area contributed by atoms with Crippen LogP contribution < -0.4 is 16.4 Å². The first kappa shape index (κ1) is 58.7. The molecule has 10 rings (SSSR count). The number of amides is 1. The fourth-order valence-electron chi connectivity index (χ4n) is 7.26. The molecule has 0 atom stereocenters. The number of nitrogen functional groups attached to an aromatic ring is 1. The number of carbonyl (C=O) groups excluding carboxylic acids is 1. The molecule has 0 aliphatic carbocycles. The van der Waals surface area contributed by atoms with Crippen molar-refractivity contribution in [1.29, 1.82) is 10.5 Å². The van der Waals surface area contributed by atoms with E-state index in [0.717, 1.165) is 34.7 Å². The highest BCUT2D eigenvalue weighted by Crippen LogP contribution is 2.36. The number of thiazole rings is 2. The second-order valence-electron chi connectivity index (χ2n) is 17.3. The Kier molecular flexibility index (Phi) is 19.0. The minimum atomic E-state index is -0.591. The summed E-state index contributed by atoms with van der Waals surface area (Å²) in [6, 6.07) is 20.6. The molecule has 26 heteroatoms. The molecular formula is C52H42Br3ClF5N13O2S2. The van der Waals surface area contributed by atoms with E-state index in [0.29, 0.717) is 102 Å². The molecule has 0 aliphatic rings. The summed E-state index contributed by atoms with van der Waals surface area (Å²) in [4.78, 5) is 21.3. The molecule has 10 aromatic rings. The normalized spacial score (nSPS) is 11.0. The number of aryl methyl sites for hydroxylation is 3. The first-order valence-electron chi connectivity index (χ1n) is 23.1. The van der Waals surface area contributed by atoms with Crippen molar-refractivity contribution in [1.82, 2.24) is 38.8 Å². The molecule has 4 N–H and O–H groups in total. The molecule has 8 aromatic heterocycles.